The van der Waals surface area contributed by atoms with Crippen molar-refractivity contribution in [2.45, 2.75) is 13.0 Å². The zero-order valence-electron chi connectivity index (χ0n) is 15.6. The highest BCUT2D eigenvalue weighted by Crippen LogP contribution is 2.34. The molecule has 4 heterocycles. The molecule has 3 aromatic rings. The lowest BCUT2D eigenvalue weighted by Crippen LogP contribution is -2.28. The van der Waals surface area contributed by atoms with Gasteiger partial charge < -0.3 is 19.8 Å². The van der Waals surface area contributed by atoms with Gasteiger partial charge >= 0.3 is 0 Å². The molecule has 1 fully saturated rings. The number of carbonyl (C=O) groups is 1. The first-order valence-corrected chi connectivity index (χ1v) is 9.74. The number of ether oxygens (including phenoxy) is 1. The van der Waals surface area contributed by atoms with E-state index in [-0.39, 0.29) is 12.5 Å². The molecule has 0 atom stereocenters. The predicted molar refractivity (Wildman–Crippen MR) is 108 cm³/mol. The lowest BCUT2D eigenvalue weighted by molar-refractivity contribution is -0.118. The summed E-state index contributed by atoms with van der Waals surface area (Å²) in [5, 5.41) is 6.36. The Morgan fingerprint density at radius 1 is 1.14 bits per heavy atom. The Labute approximate surface area is 163 Å². The number of nitrogens with zero attached hydrogens (tertiary/aromatic N) is 3. The molecule has 1 amide bonds. The summed E-state index contributed by atoms with van der Waals surface area (Å²) in [6.45, 7) is 5.07. The third kappa shape index (κ3) is 3.23. The number of pyridine rings is 1. The van der Waals surface area contributed by atoms with Crippen LogP contribution in [-0.4, -0.2) is 53.0 Å². The van der Waals surface area contributed by atoms with Crippen LogP contribution in [-0.2, 0) is 11.3 Å². The molecule has 2 N–H and O–H groups in total. The summed E-state index contributed by atoms with van der Waals surface area (Å²) in [6, 6.07) is 12.0. The van der Waals surface area contributed by atoms with Crippen LogP contribution in [0.15, 0.2) is 42.6 Å². The minimum absolute atomic E-state index is 0.0644. The molecule has 0 saturated carbocycles. The lowest BCUT2D eigenvalue weighted by atomic mass is 10.1. The molecule has 0 unspecified atom stereocenters. The smallest absolute Gasteiger partial charge is 0.262 e. The monoisotopic (exact) mass is 377 g/mol. The normalized spacial score (nSPS) is 17.6. The standard InChI is InChI=1S/C21H23N5O2/c27-20-14-28-18-6-5-15(12-16(18)23-20)21-17(13-25-9-3-7-22-8-11-25)26-10-2-1-4-19(26)24-21/h1-2,4-6,10,12,22H,3,7-9,11,13-14H2,(H,23,27). The summed E-state index contributed by atoms with van der Waals surface area (Å²) in [5.41, 5.74) is 4.73. The van der Waals surface area contributed by atoms with Gasteiger partial charge in [0.1, 0.15) is 11.4 Å². The Kier molecular flexibility index (Phi) is 4.46. The summed E-state index contributed by atoms with van der Waals surface area (Å²) < 4.78 is 7.67. The van der Waals surface area contributed by atoms with Gasteiger partial charge in [-0.1, -0.05) is 6.07 Å². The first kappa shape index (κ1) is 17.2. The third-order valence-electron chi connectivity index (χ3n) is 5.32. The van der Waals surface area contributed by atoms with Gasteiger partial charge in [0.05, 0.1) is 17.1 Å². The van der Waals surface area contributed by atoms with Crippen LogP contribution in [0.25, 0.3) is 16.9 Å². The number of aromatic nitrogens is 2. The predicted octanol–water partition coefficient (Wildman–Crippen LogP) is 2.13. The summed E-state index contributed by atoms with van der Waals surface area (Å²) in [4.78, 5) is 19.1. The molecule has 1 aromatic carbocycles. The molecule has 2 aromatic heterocycles. The van der Waals surface area contributed by atoms with Gasteiger partial charge in [0.2, 0.25) is 0 Å². The molecule has 0 aliphatic carbocycles. The van der Waals surface area contributed by atoms with E-state index < -0.39 is 0 Å². The van der Waals surface area contributed by atoms with Gasteiger partial charge in [-0.05, 0) is 49.8 Å². The van der Waals surface area contributed by atoms with E-state index in [0.29, 0.717) is 11.4 Å². The van der Waals surface area contributed by atoms with E-state index in [1.807, 2.05) is 36.4 Å². The van der Waals surface area contributed by atoms with Gasteiger partial charge in [-0.2, -0.15) is 0 Å². The lowest BCUT2D eigenvalue weighted by Gasteiger charge is -2.21. The van der Waals surface area contributed by atoms with Crippen molar-refractivity contribution in [2.75, 3.05) is 38.1 Å². The highest BCUT2D eigenvalue weighted by Gasteiger charge is 2.21. The number of nitrogens with one attached hydrogen (secondary N) is 2. The summed E-state index contributed by atoms with van der Waals surface area (Å²) >= 11 is 0. The molecule has 144 valence electrons. The van der Waals surface area contributed by atoms with E-state index in [1.165, 1.54) is 5.69 Å². The first-order chi connectivity index (χ1) is 13.8. The van der Waals surface area contributed by atoms with Crippen LogP contribution < -0.4 is 15.4 Å². The summed E-state index contributed by atoms with van der Waals surface area (Å²) in [7, 11) is 0. The van der Waals surface area contributed by atoms with E-state index in [4.69, 9.17) is 9.72 Å². The van der Waals surface area contributed by atoms with Gasteiger partial charge in [-0.25, -0.2) is 4.98 Å². The molecule has 7 nitrogen and oxygen atoms in total. The van der Waals surface area contributed by atoms with E-state index >= 15 is 0 Å². The molecule has 0 radical (unpaired) electrons. The fourth-order valence-electron chi connectivity index (χ4n) is 3.93. The number of fused-ring (bicyclic) bond motifs is 2. The maximum absolute atomic E-state index is 11.7. The van der Waals surface area contributed by atoms with E-state index in [1.54, 1.807) is 0 Å². The molecule has 0 bridgehead atoms. The van der Waals surface area contributed by atoms with Crippen molar-refractivity contribution in [3.63, 3.8) is 0 Å². The molecule has 1 saturated heterocycles. The molecule has 7 heteroatoms. The zero-order chi connectivity index (χ0) is 18.9. The average Bonchev–Trinajstić information content (AvgIpc) is 2.88. The molecule has 5 rings (SSSR count). The molecule has 2 aliphatic heterocycles. The number of hydrogen-bond donors (Lipinski definition) is 2. The minimum Gasteiger partial charge on any atom is -0.482 e. The Morgan fingerprint density at radius 2 is 2.11 bits per heavy atom. The van der Waals surface area contributed by atoms with Crippen molar-refractivity contribution in [1.82, 2.24) is 19.6 Å². The summed E-state index contributed by atoms with van der Waals surface area (Å²) in [5.74, 6) is 0.573. The van der Waals surface area contributed by atoms with Crippen molar-refractivity contribution >= 4 is 17.2 Å². The number of imidazole rings is 1. The quantitative estimate of drug-likeness (QED) is 0.732. The highest BCUT2D eigenvalue weighted by atomic mass is 16.5. The molecule has 0 spiro atoms. The number of carbonyl (C=O) groups excluding carboxylic acids is 1. The van der Waals surface area contributed by atoms with E-state index in [2.05, 4.69) is 26.1 Å². The fraction of sp³-hybridized carbons (Fsp3) is 0.333. The number of amides is 1. The molecule has 28 heavy (non-hydrogen) atoms. The third-order valence-corrected chi connectivity index (χ3v) is 5.32. The second-order valence-corrected chi connectivity index (χ2v) is 7.26. The van der Waals surface area contributed by atoms with Crippen LogP contribution >= 0.6 is 0 Å². The largest absolute Gasteiger partial charge is 0.482 e. The van der Waals surface area contributed by atoms with Gasteiger partial charge in [0.25, 0.3) is 5.91 Å². The number of hydrogen-bond acceptors (Lipinski definition) is 5. The van der Waals surface area contributed by atoms with Crippen LogP contribution in [0.1, 0.15) is 12.1 Å². The second-order valence-electron chi connectivity index (χ2n) is 7.26. The SMILES string of the molecule is O=C1COc2ccc(-c3nc4ccccn4c3CN3CCCNCC3)cc2N1. The van der Waals surface area contributed by atoms with Crippen LogP contribution in [0.4, 0.5) is 5.69 Å². The maximum atomic E-state index is 11.7. The number of rotatable bonds is 3. The van der Waals surface area contributed by atoms with Crippen LogP contribution in [0.5, 0.6) is 5.75 Å². The number of benzene rings is 1. The summed E-state index contributed by atoms with van der Waals surface area (Å²) in [6.07, 6.45) is 3.22. The highest BCUT2D eigenvalue weighted by molar-refractivity contribution is 5.96. The first-order valence-electron chi connectivity index (χ1n) is 9.74. The Hall–Kier alpha value is -2.90. The van der Waals surface area contributed by atoms with Gasteiger partial charge in [0.15, 0.2) is 6.61 Å². The van der Waals surface area contributed by atoms with Crippen LogP contribution in [0.2, 0.25) is 0 Å². The van der Waals surface area contributed by atoms with Crippen molar-refractivity contribution < 1.29 is 9.53 Å². The minimum atomic E-state index is -0.128. The fourth-order valence-corrected chi connectivity index (χ4v) is 3.93. The van der Waals surface area contributed by atoms with Crippen LogP contribution in [0, 0.1) is 0 Å². The number of anilines is 1. The van der Waals surface area contributed by atoms with Crippen molar-refractivity contribution in [3.8, 4) is 17.0 Å². The van der Waals surface area contributed by atoms with Gasteiger partial charge in [-0.15, -0.1) is 0 Å². The van der Waals surface area contributed by atoms with Crippen molar-refractivity contribution in [2.24, 2.45) is 0 Å². The Bertz CT molecular complexity index is 1020. The van der Waals surface area contributed by atoms with E-state index in [0.717, 1.165) is 56.0 Å². The van der Waals surface area contributed by atoms with Crippen molar-refractivity contribution in [3.05, 3.63) is 48.3 Å². The molecular weight excluding hydrogens is 354 g/mol. The zero-order valence-corrected chi connectivity index (χ0v) is 15.6. The average molecular weight is 377 g/mol. The Morgan fingerprint density at radius 3 is 3.07 bits per heavy atom. The van der Waals surface area contributed by atoms with Crippen LogP contribution in [0.3, 0.4) is 0 Å². The van der Waals surface area contributed by atoms with Gasteiger partial charge in [0, 0.05) is 31.4 Å². The Balaban J connectivity index is 1.57. The van der Waals surface area contributed by atoms with Crippen molar-refractivity contribution in [1.29, 1.82) is 0 Å². The molecular formula is C21H23N5O2. The van der Waals surface area contributed by atoms with E-state index in [9.17, 15) is 4.79 Å². The second kappa shape index (κ2) is 7.26. The maximum Gasteiger partial charge on any atom is 0.262 e. The molecule has 2 aliphatic rings. The van der Waals surface area contributed by atoms with Gasteiger partial charge in [-0.3, -0.25) is 9.69 Å². The topological polar surface area (TPSA) is 70.9 Å².